The van der Waals surface area contributed by atoms with Crippen molar-refractivity contribution in [3.05, 3.63) is 88.8 Å². The van der Waals surface area contributed by atoms with Gasteiger partial charge in [0.1, 0.15) is 18.1 Å². The highest BCUT2D eigenvalue weighted by molar-refractivity contribution is 6.30. The van der Waals surface area contributed by atoms with E-state index < -0.39 is 0 Å². The van der Waals surface area contributed by atoms with Crippen LogP contribution >= 0.6 is 11.6 Å². The summed E-state index contributed by atoms with van der Waals surface area (Å²) in [5, 5.41) is 3.41. The number of hydrogen-bond donors (Lipinski definition) is 1. The first-order valence-corrected chi connectivity index (χ1v) is 12.8. The summed E-state index contributed by atoms with van der Waals surface area (Å²) in [6, 6.07) is 20.2. The van der Waals surface area contributed by atoms with Crippen LogP contribution in [-0.2, 0) is 22.6 Å². The second-order valence-corrected chi connectivity index (χ2v) is 9.50. The minimum absolute atomic E-state index is 0.0662. The first-order chi connectivity index (χ1) is 18.0. The fourth-order valence-electron chi connectivity index (χ4n) is 4.17. The van der Waals surface area contributed by atoms with Crippen molar-refractivity contribution in [2.24, 2.45) is 0 Å². The molecule has 1 aliphatic rings. The zero-order valence-electron chi connectivity index (χ0n) is 21.1. The normalized spacial score (nSPS) is 13.8. The number of benzene rings is 2. The Morgan fingerprint density at radius 2 is 1.76 bits per heavy atom. The number of nitrogens with zero attached hydrogens (tertiary/aromatic N) is 3. The summed E-state index contributed by atoms with van der Waals surface area (Å²) in [4.78, 5) is 32.5. The molecular weight excluding hydrogens is 492 g/mol. The first-order valence-electron chi connectivity index (χ1n) is 12.4. The number of anilines is 1. The molecule has 196 valence electrons. The molecule has 37 heavy (non-hydrogen) atoms. The van der Waals surface area contributed by atoms with Crippen LogP contribution in [0.1, 0.15) is 17.1 Å². The third kappa shape index (κ3) is 8.35. The standard InChI is InChI=1S/C28H33ClN4O4/c1-22-10-11-26(37-22)20-33(19-23-6-3-2-4-7-23)27(34)21-32(13-12-31-14-16-36-17-15-31)28(35)30-25-9-5-8-24(29)18-25/h2-11,18H,12-17,19-21H2,1H3,(H,30,35). The average molecular weight is 525 g/mol. The van der Waals surface area contributed by atoms with Crippen LogP contribution in [0.15, 0.2) is 71.1 Å². The number of ether oxygens (including phenoxy) is 1. The van der Waals surface area contributed by atoms with Gasteiger partial charge in [-0.15, -0.1) is 0 Å². The molecule has 0 spiro atoms. The topological polar surface area (TPSA) is 78.3 Å². The largest absolute Gasteiger partial charge is 0.464 e. The lowest BCUT2D eigenvalue weighted by molar-refractivity contribution is -0.133. The van der Waals surface area contributed by atoms with Gasteiger partial charge in [0.2, 0.25) is 5.91 Å². The lowest BCUT2D eigenvalue weighted by Crippen LogP contribution is -2.48. The summed E-state index contributed by atoms with van der Waals surface area (Å²) in [7, 11) is 0. The quantitative estimate of drug-likeness (QED) is 0.418. The summed E-state index contributed by atoms with van der Waals surface area (Å²) < 4.78 is 11.2. The molecule has 0 saturated carbocycles. The highest BCUT2D eigenvalue weighted by Crippen LogP contribution is 2.17. The minimum Gasteiger partial charge on any atom is -0.464 e. The van der Waals surface area contributed by atoms with Crippen molar-refractivity contribution < 1.29 is 18.7 Å². The highest BCUT2D eigenvalue weighted by atomic mass is 35.5. The SMILES string of the molecule is Cc1ccc(CN(Cc2ccccc2)C(=O)CN(CCN2CCOCC2)C(=O)Nc2cccc(Cl)c2)o1. The molecule has 8 nitrogen and oxygen atoms in total. The summed E-state index contributed by atoms with van der Waals surface area (Å²) in [5.41, 5.74) is 1.58. The lowest BCUT2D eigenvalue weighted by atomic mass is 10.2. The monoisotopic (exact) mass is 524 g/mol. The van der Waals surface area contributed by atoms with E-state index in [0.29, 0.717) is 55.9 Å². The second-order valence-electron chi connectivity index (χ2n) is 9.06. The number of rotatable bonds is 10. The van der Waals surface area contributed by atoms with Gasteiger partial charge in [-0.1, -0.05) is 48.0 Å². The van der Waals surface area contributed by atoms with E-state index >= 15 is 0 Å². The van der Waals surface area contributed by atoms with Crippen molar-refractivity contribution >= 4 is 29.2 Å². The molecule has 0 radical (unpaired) electrons. The van der Waals surface area contributed by atoms with Gasteiger partial charge in [0, 0.05) is 43.4 Å². The fraction of sp³-hybridized carbons (Fsp3) is 0.357. The van der Waals surface area contributed by atoms with E-state index in [4.69, 9.17) is 20.8 Å². The molecule has 1 aliphatic heterocycles. The average Bonchev–Trinajstić information content (AvgIpc) is 3.31. The van der Waals surface area contributed by atoms with E-state index in [1.54, 1.807) is 34.1 Å². The summed E-state index contributed by atoms with van der Waals surface area (Å²) >= 11 is 6.10. The Hall–Kier alpha value is -3.33. The van der Waals surface area contributed by atoms with Crippen molar-refractivity contribution in [3.8, 4) is 0 Å². The van der Waals surface area contributed by atoms with E-state index in [-0.39, 0.29) is 18.5 Å². The summed E-state index contributed by atoms with van der Waals surface area (Å²) in [6.45, 7) is 6.52. The maximum atomic E-state index is 13.6. The lowest BCUT2D eigenvalue weighted by Gasteiger charge is -2.31. The molecule has 1 N–H and O–H groups in total. The Morgan fingerprint density at radius 1 is 0.973 bits per heavy atom. The third-order valence-electron chi connectivity index (χ3n) is 6.19. The molecule has 0 aliphatic carbocycles. The van der Waals surface area contributed by atoms with Gasteiger partial charge < -0.3 is 24.3 Å². The van der Waals surface area contributed by atoms with Gasteiger partial charge in [0.15, 0.2) is 0 Å². The number of carbonyl (C=O) groups is 2. The molecule has 1 saturated heterocycles. The molecule has 3 amide bonds. The van der Waals surface area contributed by atoms with Gasteiger partial charge >= 0.3 is 6.03 Å². The number of furan rings is 1. The number of hydrogen-bond acceptors (Lipinski definition) is 5. The number of carbonyl (C=O) groups excluding carboxylic acids is 2. The number of amides is 3. The predicted octanol–water partition coefficient (Wildman–Crippen LogP) is 4.64. The molecular formula is C28H33ClN4O4. The summed E-state index contributed by atoms with van der Waals surface area (Å²) in [6.07, 6.45) is 0. The second kappa shape index (κ2) is 13.3. The Kier molecular flexibility index (Phi) is 9.59. The van der Waals surface area contributed by atoms with Crippen molar-refractivity contribution in [1.82, 2.24) is 14.7 Å². The molecule has 2 heterocycles. The predicted molar refractivity (Wildman–Crippen MR) is 143 cm³/mol. The van der Waals surface area contributed by atoms with Crippen LogP contribution in [0, 0.1) is 6.92 Å². The van der Waals surface area contributed by atoms with E-state index in [9.17, 15) is 9.59 Å². The molecule has 9 heteroatoms. The maximum absolute atomic E-state index is 13.6. The zero-order chi connectivity index (χ0) is 26.0. The number of morpholine rings is 1. The highest BCUT2D eigenvalue weighted by Gasteiger charge is 2.24. The zero-order valence-corrected chi connectivity index (χ0v) is 21.8. The van der Waals surface area contributed by atoms with Gasteiger partial charge in [0.25, 0.3) is 0 Å². The molecule has 3 aromatic rings. The van der Waals surface area contributed by atoms with Crippen molar-refractivity contribution in [3.63, 3.8) is 0 Å². The van der Waals surface area contributed by atoms with Gasteiger partial charge in [-0.3, -0.25) is 9.69 Å². The van der Waals surface area contributed by atoms with E-state index in [1.165, 1.54) is 0 Å². The number of nitrogens with one attached hydrogen (secondary N) is 1. The van der Waals surface area contributed by atoms with E-state index in [1.807, 2.05) is 49.4 Å². The first kappa shape index (κ1) is 26.7. The smallest absolute Gasteiger partial charge is 0.322 e. The van der Waals surface area contributed by atoms with Crippen LogP contribution in [0.25, 0.3) is 0 Å². The van der Waals surface area contributed by atoms with Crippen LogP contribution in [-0.4, -0.2) is 72.6 Å². The number of halogens is 1. The Morgan fingerprint density at radius 3 is 2.46 bits per heavy atom. The van der Waals surface area contributed by atoms with Gasteiger partial charge in [-0.05, 0) is 42.8 Å². The molecule has 0 bridgehead atoms. The van der Waals surface area contributed by atoms with E-state index in [0.717, 1.165) is 24.4 Å². The molecule has 0 unspecified atom stereocenters. The van der Waals surface area contributed by atoms with Crippen molar-refractivity contribution in [2.45, 2.75) is 20.0 Å². The fourth-order valence-corrected chi connectivity index (χ4v) is 4.36. The number of aryl methyl sites for hydroxylation is 1. The Balaban J connectivity index is 1.49. The van der Waals surface area contributed by atoms with Gasteiger partial charge in [0.05, 0.1) is 19.8 Å². The molecule has 1 fully saturated rings. The minimum atomic E-state index is -0.350. The number of urea groups is 1. The van der Waals surface area contributed by atoms with Crippen molar-refractivity contribution in [2.75, 3.05) is 51.3 Å². The third-order valence-corrected chi connectivity index (χ3v) is 6.43. The van der Waals surface area contributed by atoms with Crippen LogP contribution in [0.5, 0.6) is 0 Å². The molecule has 1 aromatic heterocycles. The maximum Gasteiger partial charge on any atom is 0.322 e. The molecule has 0 atom stereocenters. The molecule has 2 aromatic carbocycles. The van der Waals surface area contributed by atoms with Crippen LogP contribution in [0.3, 0.4) is 0 Å². The van der Waals surface area contributed by atoms with Gasteiger partial charge in [-0.25, -0.2) is 4.79 Å². The van der Waals surface area contributed by atoms with E-state index in [2.05, 4.69) is 10.2 Å². The Bertz CT molecular complexity index is 1160. The van der Waals surface area contributed by atoms with Crippen LogP contribution in [0.4, 0.5) is 10.5 Å². The van der Waals surface area contributed by atoms with Crippen LogP contribution < -0.4 is 5.32 Å². The molecule has 4 rings (SSSR count). The van der Waals surface area contributed by atoms with Crippen LogP contribution in [0.2, 0.25) is 5.02 Å². The van der Waals surface area contributed by atoms with Gasteiger partial charge in [-0.2, -0.15) is 0 Å². The van der Waals surface area contributed by atoms with Crippen molar-refractivity contribution in [1.29, 1.82) is 0 Å². The summed E-state index contributed by atoms with van der Waals surface area (Å²) in [5.74, 6) is 1.32. The Labute approximate surface area is 222 Å².